The fourth-order valence-corrected chi connectivity index (χ4v) is 1.86. The predicted molar refractivity (Wildman–Crippen MR) is 69.9 cm³/mol. The summed E-state index contributed by atoms with van der Waals surface area (Å²) in [6.45, 7) is 1.94. The third-order valence-corrected chi connectivity index (χ3v) is 3.23. The lowest BCUT2D eigenvalue weighted by atomic mass is 10.2. The van der Waals surface area contributed by atoms with Gasteiger partial charge in [-0.15, -0.1) is 10.2 Å². The van der Waals surface area contributed by atoms with Crippen molar-refractivity contribution in [3.05, 3.63) is 33.6 Å². The van der Waals surface area contributed by atoms with Crippen molar-refractivity contribution in [2.45, 2.75) is 13.0 Å². The van der Waals surface area contributed by atoms with E-state index in [0.717, 1.165) is 10.0 Å². The van der Waals surface area contributed by atoms with E-state index in [-0.39, 0.29) is 6.04 Å². The van der Waals surface area contributed by atoms with Gasteiger partial charge in [0.25, 0.3) is 0 Å². The highest BCUT2D eigenvalue weighted by molar-refractivity contribution is 9.10. The lowest BCUT2D eigenvalue weighted by Crippen LogP contribution is -2.12. The Kier molecular flexibility index (Phi) is 3.81. The van der Waals surface area contributed by atoms with E-state index in [2.05, 4.69) is 31.4 Å². The molecule has 0 aliphatic carbocycles. The van der Waals surface area contributed by atoms with Gasteiger partial charge in [-0.25, -0.2) is 0 Å². The van der Waals surface area contributed by atoms with Gasteiger partial charge in [-0.1, -0.05) is 27.5 Å². The molecule has 0 saturated heterocycles. The highest BCUT2D eigenvalue weighted by Crippen LogP contribution is 2.30. The Morgan fingerprint density at radius 2 is 2.18 bits per heavy atom. The summed E-state index contributed by atoms with van der Waals surface area (Å²) in [7, 11) is 1.83. The van der Waals surface area contributed by atoms with E-state index < -0.39 is 0 Å². The molecule has 0 radical (unpaired) electrons. The van der Waals surface area contributed by atoms with Crippen molar-refractivity contribution >= 4 is 27.5 Å². The van der Waals surface area contributed by atoms with Crippen LogP contribution in [-0.2, 0) is 0 Å². The van der Waals surface area contributed by atoms with Crippen molar-refractivity contribution in [2.75, 3.05) is 7.05 Å². The van der Waals surface area contributed by atoms with Crippen LogP contribution in [0.15, 0.2) is 27.1 Å². The number of nitrogens with one attached hydrogen (secondary N) is 1. The fourth-order valence-electron chi connectivity index (χ4n) is 1.30. The number of hydrogen-bond acceptors (Lipinski definition) is 4. The normalized spacial score (nSPS) is 12.7. The molecule has 0 bridgehead atoms. The Morgan fingerprint density at radius 3 is 2.88 bits per heavy atom. The van der Waals surface area contributed by atoms with Crippen LogP contribution < -0.4 is 5.32 Å². The summed E-state index contributed by atoms with van der Waals surface area (Å²) in [5.74, 6) is 0.965. The summed E-state index contributed by atoms with van der Waals surface area (Å²) in [4.78, 5) is 0. The number of rotatable bonds is 3. The summed E-state index contributed by atoms with van der Waals surface area (Å²) in [6.07, 6.45) is 0. The zero-order valence-electron chi connectivity index (χ0n) is 9.37. The van der Waals surface area contributed by atoms with Crippen molar-refractivity contribution in [2.24, 2.45) is 0 Å². The second-order valence-corrected chi connectivity index (χ2v) is 4.90. The first-order chi connectivity index (χ1) is 8.11. The molecule has 0 aliphatic heterocycles. The van der Waals surface area contributed by atoms with Gasteiger partial charge in [0, 0.05) is 4.47 Å². The van der Waals surface area contributed by atoms with Crippen LogP contribution in [-0.4, -0.2) is 17.2 Å². The Hall–Kier alpha value is -0.910. The molecular weight excluding hydrogens is 305 g/mol. The van der Waals surface area contributed by atoms with Crippen LogP contribution in [0.1, 0.15) is 18.9 Å². The van der Waals surface area contributed by atoms with Gasteiger partial charge >= 0.3 is 0 Å². The van der Waals surface area contributed by atoms with E-state index in [9.17, 15) is 0 Å². The first kappa shape index (κ1) is 12.5. The smallest absolute Gasteiger partial charge is 0.249 e. The standard InChI is InChI=1S/C11H11BrClN3O/c1-6(14-2)10-15-16-11(17-10)8-5-7(12)3-4-9(8)13/h3-6,14H,1-2H3. The molecule has 0 saturated carbocycles. The molecule has 1 aromatic carbocycles. The van der Waals surface area contributed by atoms with Crippen LogP contribution in [0.3, 0.4) is 0 Å². The molecule has 1 heterocycles. The van der Waals surface area contributed by atoms with Crippen molar-refractivity contribution in [3.8, 4) is 11.5 Å². The van der Waals surface area contributed by atoms with Gasteiger partial charge in [0.05, 0.1) is 16.6 Å². The molecule has 17 heavy (non-hydrogen) atoms. The van der Waals surface area contributed by atoms with E-state index >= 15 is 0 Å². The highest BCUT2D eigenvalue weighted by atomic mass is 79.9. The average molecular weight is 317 g/mol. The summed E-state index contributed by atoms with van der Waals surface area (Å²) in [5.41, 5.74) is 0.725. The van der Waals surface area contributed by atoms with Gasteiger partial charge in [-0.2, -0.15) is 0 Å². The molecule has 90 valence electrons. The van der Waals surface area contributed by atoms with Crippen LogP contribution in [0, 0.1) is 0 Å². The summed E-state index contributed by atoms with van der Waals surface area (Å²) in [5, 5.41) is 11.6. The lowest BCUT2D eigenvalue weighted by Gasteiger charge is -2.03. The molecule has 1 N–H and O–H groups in total. The number of hydrogen-bond donors (Lipinski definition) is 1. The Morgan fingerprint density at radius 1 is 1.41 bits per heavy atom. The van der Waals surface area contributed by atoms with E-state index in [1.165, 1.54) is 0 Å². The van der Waals surface area contributed by atoms with Gasteiger partial charge in [0.1, 0.15) is 0 Å². The summed E-state index contributed by atoms with van der Waals surface area (Å²) in [6, 6.07) is 5.51. The molecule has 1 atom stereocenters. The molecule has 1 aromatic heterocycles. The summed E-state index contributed by atoms with van der Waals surface area (Å²) >= 11 is 9.47. The van der Waals surface area contributed by atoms with Crippen molar-refractivity contribution < 1.29 is 4.42 Å². The zero-order chi connectivity index (χ0) is 12.4. The molecule has 0 fully saturated rings. The van der Waals surface area contributed by atoms with Crippen LogP contribution in [0.5, 0.6) is 0 Å². The van der Waals surface area contributed by atoms with Crippen LogP contribution in [0.2, 0.25) is 5.02 Å². The SMILES string of the molecule is CNC(C)c1nnc(-c2cc(Br)ccc2Cl)o1. The van der Waals surface area contributed by atoms with Gasteiger partial charge in [0.2, 0.25) is 11.8 Å². The largest absolute Gasteiger partial charge is 0.419 e. The molecule has 0 aliphatic rings. The Labute approximate surface area is 113 Å². The number of benzene rings is 1. The van der Waals surface area contributed by atoms with Crippen molar-refractivity contribution in [1.29, 1.82) is 0 Å². The van der Waals surface area contributed by atoms with E-state index in [0.29, 0.717) is 16.8 Å². The molecular formula is C11H11BrClN3O. The zero-order valence-corrected chi connectivity index (χ0v) is 11.7. The number of halogens is 2. The van der Waals surface area contributed by atoms with Crippen LogP contribution in [0.4, 0.5) is 0 Å². The van der Waals surface area contributed by atoms with E-state index in [1.54, 1.807) is 6.07 Å². The number of nitrogens with zero attached hydrogens (tertiary/aromatic N) is 2. The topological polar surface area (TPSA) is 51.0 Å². The van der Waals surface area contributed by atoms with Crippen LogP contribution >= 0.6 is 27.5 Å². The lowest BCUT2D eigenvalue weighted by molar-refractivity contribution is 0.441. The average Bonchev–Trinajstić information content (AvgIpc) is 2.80. The maximum Gasteiger partial charge on any atom is 0.249 e. The second-order valence-electron chi connectivity index (χ2n) is 3.58. The minimum absolute atomic E-state index is 0.0159. The Bertz CT molecular complexity index is 529. The molecule has 2 rings (SSSR count). The van der Waals surface area contributed by atoms with E-state index in [4.69, 9.17) is 16.0 Å². The molecule has 0 spiro atoms. The van der Waals surface area contributed by atoms with Gasteiger partial charge < -0.3 is 9.73 Å². The third kappa shape index (κ3) is 2.68. The molecule has 2 aromatic rings. The third-order valence-electron chi connectivity index (χ3n) is 2.40. The van der Waals surface area contributed by atoms with Gasteiger partial charge in [0.15, 0.2) is 0 Å². The predicted octanol–water partition coefficient (Wildman–Crippen LogP) is 3.43. The minimum Gasteiger partial charge on any atom is -0.419 e. The minimum atomic E-state index is 0.0159. The van der Waals surface area contributed by atoms with Gasteiger partial charge in [-0.3, -0.25) is 0 Å². The first-order valence-electron chi connectivity index (χ1n) is 5.08. The maximum atomic E-state index is 6.09. The Balaban J connectivity index is 2.40. The molecule has 6 heteroatoms. The van der Waals surface area contributed by atoms with Crippen molar-refractivity contribution in [1.82, 2.24) is 15.5 Å². The number of aromatic nitrogens is 2. The molecule has 4 nitrogen and oxygen atoms in total. The highest BCUT2D eigenvalue weighted by Gasteiger charge is 2.15. The molecule has 0 amide bonds. The van der Waals surface area contributed by atoms with Crippen molar-refractivity contribution in [3.63, 3.8) is 0 Å². The van der Waals surface area contributed by atoms with Gasteiger partial charge in [-0.05, 0) is 32.2 Å². The maximum absolute atomic E-state index is 6.09. The van der Waals surface area contributed by atoms with Crippen LogP contribution in [0.25, 0.3) is 11.5 Å². The second kappa shape index (κ2) is 5.16. The summed E-state index contributed by atoms with van der Waals surface area (Å²) < 4.78 is 6.48. The van der Waals surface area contributed by atoms with E-state index in [1.807, 2.05) is 26.1 Å². The first-order valence-corrected chi connectivity index (χ1v) is 6.25. The molecule has 1 unspecified atom stereocenters. The fraction of sp³-hybridized carbons (Fsp3) is 0.273. The quantitative estimate of drug-likeness (QED) is 0.942. The monoisotopic (exact) mass is 315 g/mol.